The fourth-order valence-electron chi connectivity index (χ4n) is 4.67. The van der Waals surface area contributed by atoms with Crippen molar-refractivity contribution in [3.63, 3.8) is 0 Å². The Labute approximate surface area is 178 Å². The molecular formula is C24H28N4S. The lowest BCUT2D eigenvalue weighted by atomic mass is 9.97. The highest BCUT2D eigenvalue weighted by molar-refractivity contribution is 7.80. The number of hydrogen-bond donors (Lipinski definition) is 1. The molecule has 1 N–H and O–H groups in total. The summed E-state index contributed by atoms with van der Waals surface area (Å²) in [5, 5.41) is 4.32. The number of likely N-dealkylation sites (N-methyl/N-ethyl adjacent to an activating group) is 1. The molecule has 1 aliphatic rings. The molecule has 0 unspecified atom stereocenters. The summed E-state index contributed by atoms with van der Waals surface area (Å²) < 4.78 is 2.39. The van der Waals surface area contributed by atoms with E-state index in [-0.39, 0.29) is 12.1 Å². The second-order valence-corrected chi connectivity index (χ2v) is 8.20. The van der Waals surface area contributed by atoms with Crippen LogP contribution in [0.15, 0.2) is 48.7 Å². The van der Waals surface area contributed by atoms with Gasteiger partial charge >= 0.3 is 0 Å². The van der Waals surface area contributed by atoms with Gasteiger partial charge in [0.05, 0.1) is 23.5 Å². The predicted octanol–water partition coefficient (Wildman–Crippen LogP) is 5.10. The van der Waals surface area contributed by atoms with Crippen molar-refractivity contribution in [1.29, 1.82) is 0 Å². The van der Waals surface area contributed by atoms with Gasteiger partial charge in [-0.1, -0.05) is 24.3 Å². The Kier molecular flexibility index (Phi) is 5.17. The van der Waals surface area contributed by atoms with Crippen LogP contribution in [0, 0.1) is 27.7 Å². The molecule has 3 aromatic rings. The van der Waals surface area contributed by atoms with Gasteiger partial charge < -0.3 is 14.8 Å². The Morgan fingerprint density at radius 2 is 1.76 bits per heavy atom. The van der Waals surface area contributed by atoms with E-state index in [1.54, 1.807) is 0 Å². The first-order valence-electron chi connectivity index (χ1n) is 10.2. The van der Waals surface area contributed by atoms with Gasteiger partial charge in [-0.2, -0.15) is 0 Å². The normalized spacial score (nSPS) is 18.9. The van der Waals surface area contributed by atoms with Crippen LogP contribution in [0.4, 0.5) is 0 Å². The Hall–Kier alpha value is -2.66. The maximum Gasteiger partial charge on any atom is 0.170 e. The maximum atomic E-state index is 5.69. The van der Waals surface area contributed by atoms with Crippen LogP contribution in [0.1, 0.15) is 52.8 Å². The van der Waals surface area contributed by atoms with Crippen LogP contribution in [-0.4, -0.2) is 26.1 Å². The summed E-state index contributed by atoms with van der Waals surface area (Å²) >= 11 is 5.69. The van der Waals surface area contributed by atoms with Crippen molar-refractivity contribution < 1.29 is 0 Å². The number of rotatable bonds is 4. The minimum absolute atomic E-state index is 0.0376. The van der Waals surface area contributed by atoms with Crippen molar-refractivity contribution in [3.05, 3.63) is 82.4 Å². The Morgan fingerprint density at radius 3 is 2.38 bits per heavy atom. The van der Waals surface area contributed by atoms with E-state index in [4.69, 9.17) is 12.2 Å². The molecule has 3 heterocycles. The third-order valence-electron chi connectivity index (χ3n) is 5.99. The van der Waals surface area contributed by atoms with E-state index in [0.717, 1.165) is 17.4 Å². The Bertz CT molecular complexity index is 1030. The molecule has 29 heavy (non-hydrogen) atoms. The lowest BCUT2D eigenvalue weighted by Gasteiger charge is -2.27. The summed E-state index contributed by atoms with van der Waals surface area (Å²) in [6.07, 6.45) is 1.85. The molecule has 0 aliphatic carbocycles. The van der Waals surface area contributed by atoms with E-state index in [9.17, 15) is 0 Å². The van der Waals surface area contributed by atoms with Gasteiger partial charge in [-0.25, -0.2) is 0 Å². The number of nitrogens with one attached hydrogen (secondary N) is 1. The first kappa shape index (κ1) is 19.6. The highest BCUT2D eigenvalue weighted by Gasteiger charge is 2.40. The van der Waals surface area contributed by atoms with E-state index in [0.29, 0.717) is 0 Å². The standard InChI is InChI=1S/C24H28N4S/c1-6-27-23(21(26-24(27)29)20-12-7-8-13-25-20)19-14-17(4)28(18(19)5)22-15(2)10-9-11-16(22)3/h7-14,21,23H,6H2,1-5H3,(H,26,29)/t21-,23+/m0/s1. The number of nitrogens with zero attached hydrogens (tertiary/aromatic N) is 3. The molecule has 0 saturated carbocycles. The van der Waals surface area contributed by atoms with Crippen LogP contribution in [0.3, 0.4) is 0 Å². The fraction of sp³-hybridized carbons (Fsp3) is 0.333. The summed E-state index contributed by atoms with van der Waals surface area (Å²) in [4.78, 5) is 6.91. The monoisotopic (exact) mass is 404 g/mol. The van der Waals surface area contributed by atoms with Crippen molar-refractivity contribution in [3.8, 4) is 5.69 Å². The largest absolute Gasteiger partial charge is 0.352 e. The van der Waals surface area contributed by atoms with Crippen molar-refractivity contribution >= 4 is 17.3 Å². The van der Waals surface area contributed by atoms with E-state index >= 15 is 0 Å². The lowest BCUT2D eigenvalue weighted by Crippen LogP contribution is -2.29. The predicted molar refractivity (Wildman–Crippen MR) is 123 cm³/mol. The van der Waals surface area contributed by atoms with Crippen LogP contribution < -0.4 is 5.32 Å². The molecule has 4 nitrogen and oxygen atoms in total. The van der Waals surface area contributed by atoms with Crippen molar-refractivity contribution in [1.82, 2.24) is 19.8 Å². The molecule has 4 rings (SSSR count). The first-order valence-corrected chi connectivity index (χ1v) is 10.6. The fourth-order valence-corrected chi connectivity index (χ4v) is 5.04. The molecule has 0 amide bonds. The van der Waals surface area contributed by atoms with Gasteiger partial charge in [0.2, 0.25) is 0 Å². The lowest BCUT2D eigenvalue weighted by molar-refractivity contribution is 0.329. The quantitative estimate of drug-likeness (QED) is 0.614. The smallest absolute Gasteiger partial charge is 0.170 e. The topological polar surface area (TPSA) is 33.1 Å². The molecule has 1 aliphatic heterocycles. The highest BCUT2D eigenvalue weighted by Crippen LogP contribution is 2.41. The van der Waals surface area contributed by atoms with Gasteiger partial charge in [-0.3, -0.25) is 4.98 Å². The van der Waals surface area contributed by atoms with Gasteiger partial charge in [-0.05, 0) is 81.7 Å². The summed E-state index contributed by atoms with van der Waals surface area (Å²) in [6, 6.07) is 15.0. The van der Waals surface area contributed by atoms with E-state index < -0.39 is 0 Å². The number of aromatic nitrogens is 2. The van der Waals surface area contributed by atoms with E-state index in [1.807, 2.05) is 18.3 Å². The SMILES string of the molecule is CCN1C(=S)N[C@@H](c2ccccn2)[C@H]1c1cc(C)n(-c2c(C)cccc2C)c1C. The second-order valence-electron chi connectivity index (χ2n) is 7.81. The van der Waals surface area contributed by atoms with Gasteiger partial charge in [-0.15, -0.1) is 0 Å². The zero-order valence-electron chi connectivity index (χ0n) is 17.7. The highest BCUT2D eigenvalue weighted by atomic mass is 32.1. The van der Waals surface area contributed by atoms with Crippen LogP contribution in [0.25, 0.3) is 5.69 Å². The van der Waals surface area contributed by atoms with Gasteiger partial charge in [0, 0.05) is 24.1 Å². The van der Waals surface area contributed by atoms with Crippen LogP contribution in [0.2, 0.25) is 0 Å². The molecule has 5 heteroatoms. The number of thiocarbonyl (C=S) groups is 1. The molecule has 150 valence electrons. The average Bonchev–Trinajstić information content (AvgIpc) is 3.19. The number of aryl methyl sites for hydroxylation is 3. The van der Waals surface area contributed by atoms with Gasteiger partial charge in [0.1, 0.15) is 0 Å². The van der Waals surface area contributed by atoms with Gasteiger partial charge in [0.25, 0.3) is 0 Å². The minimum Gasteiger partial charge on any atom is -0.352 e. The molecule has 0 spiro atoms. The van der Waals surface area contributed by atoms with Crippen molar-refractivity contribution in [2.45, 2.75) is 46.7 Å². The summed E-state index contributed by atoms with van der Waals surface area (Å²) in [5.74, 6) is 0. The average molecular weight is 405 g/mol. The van der Waals surface area contributed by atoms with Gasteiger partial charge in [0.15, 0.2) is 5.11 Å². The minimum atomic E-state index is 0.0376. The van der Waals surface area contributed by atoms with Crippen molar-refractivity contribution in [2.24, 2.45) is 0 Å². The van der Waals surface area contributed by atoms with E-state index in [2.05, 4.69) is 84.7 Å². The Morgan fingerprint density at radius 1 is 1.03 bits per heavy atom. The zero-order valence-corrected chi connectivity index (χ0v) is 18.5. The number of para-hydroxylation sites is 1. The summed E-state index contributed by atoms with van der Waals surface area (Å²) in [6.45, 7) is 11.8. The molecular weight excluding hydrogens is 376 g/mol. The molecule has 0 radical (unpaired) electrons. The molecule has 2 atom stereocenters. The molecule has 0 bridgehead atoms. The molecule has 1 aromatic carbocycles. The van der Waals surface area contributed by atoms with Crippen LogP contribution in [-0.2, 0) is 0 Å². The second kappa shape index (κ2) is 7.64. The number of pyridine rings is 1. The van der Waals surface area contributed by atoms with Crippen LogP contribution >= 0.6 is 12.2 Å². The number of hydrogen-bond acceptors (Lipinski definition) is 2. The molecule has 1 saturated heterocycles. The number of benzene rings is 1. The zero-order chi connectivity index (χ0) is 20.7. The maximum absolute atomic E-state index is 5.69. The Balaban J connectivity index is 1.88. The molecule has 2 aromatic heterocycles. The first-order chi connectivity index (χ1) is 13.9. The van der Waals surface area contributed by atoms with E-state index in [1.165, 1.54) is 33.8 Å². The van der Waals surface area contributed by atoms with Crippen LogP contribution in [0.5, 0.6) is 0 Å². The third kappa shape index (κ3) is 3.23. The molecule has 1 fully saturated rings. The summed E-state index contributed by atoms with van der Waals surface area (Å²) in [7, 11) is 0. The third-order valence-corrected chi connectivity index (χ3v) is 6.34. The van der Waals surface area contributed by atoms with Crippen molar-refractivity contribution in [2.75, 3.05) is 6.54 Å². The summed E-state index contributed by atoms with van der Waals surface area (Å²) in [5.41, 5.74) is 8.67.